The van der Waals surface area contributed by atoms with E-state index >= 15 is 0 Å². The molecule has 3 N–H and O–H groups in total. The molecule has 0 radical (unpaired) electrons. The second-order valence-corrected chi connectivity index (χ2v) is 6.01. The fourth-order valence-electron chi connectivity index (χ4n) is 3.35. The van der Waals surface area contributed by atoms with E-state index in [1.807, 2.05) is 36.4 Å². The molecule has 0 fully saturated rings. The number of phenols is 1. The van der Waals surface area contributed by atoms with E-state index in [-0.39, 0.29) is 17.6 Å². The lowest BCUT2D eigenvalue weighted by molar-refractivity contribution is -0.116. The fourth-order valence-corrected chi connectivity index (χ4v) is 3.35. The Kier molecular flexibility index (Phi) is 3.30. The van der Waals surface area contributed by atoms with Gasteiger partial charge in [0.15, 0.2) is 5.78 Å². The Hall–Kier alpha value is -2.75. The van der Waals surface area contributed by atoms with E-state index in [1.54, 1.807) is 12.1 Å². The highest BCUT2D eigenvalue weighted by molar-refractivity contribution is 6.00. The number of hydrogen-bond acceptors (Lipinski definition) is 4. The zero-order chi connectivity index (χ0) is 15.8. The van der Waals surface area contributed by atoms with Crippen molar-refractivity contribution in [1.29, 1.82) is 0 Å². The molecule has 2 aromatic carbocycles. The highest BCUT2D eigenvalue weighted by Gasteiger charge is 2.31. The molecule has 23 heavy (non-hydrogen) atoms. The quantitative estimate of drug-likeness (QED) is 0.746. The van der Waals surface area contributed by atoms with Crippen molar-refractivity contribution in [2.24, 2.45) is 0 Å². The minimum atomic E-state index is -0.199. The minimum absolute atomic E-state index is 0.192. The van der Waals surface area contributed by atoms with Crippen molar-refractivity contribution in [3.05, 3.63) is 65.4 Å². The molecule has 4 rings (SSSR count). The number of phenolic OH excluding ortho intramolecular Hbond substituents is 1. The van der Waals surface area contributed by atoms with Crippen LogP contribution in [-0.4, -0.2) is 10.9 Å². The van der Waals surface area contributed by atoms with Crippen LogP contribution in [0.25, 0.3) is 0 Å². The summed E-state index contributed by atoms with van der Waals surface area (Å²) < 4.78 is 0. The summed E-state index contributed by atoms with van der Waals surface area (Å²) >= 11 is 0. The standard InChI is InChI=1S/C19H18N2O2/c22-13-10-8-12(9-11-13)19-18-16(6-3-7-17(18)23)20-14-4-1-2-5-15(14)21-19/h1-2,4-5,8-11,19-22H,3,6-7H2/t19-/m0/s1. The number of Topliss-reactive ketones (excluding diaryl/α,β-unsaturated/α-hetero) is 1. The van der Waals surface area contributed by atoms with E-state index in [1.165, 1.54) is 0 Å². The fraction of sp³-hybridized carbons (Fsp3) is 0.211. The monoisotopic (exact) mass is 306 g/mol. The van der Waals surface area contributed by atoms with Gasteiger partial charge in [-0.25, -0.2) is 0 Å². The molecule has 0 bridgehead atoms. The summed E-state index contributed by atoms with van der Waals surface area (Å²) in [5.41, 5.74) is 4.78. The maximum atomic E-state index is 12.6. The number of rotatable bonds is 1. The van der Waals surface area contributed by atoms with Crippen molar-refractivity contribution in [3.8, 4) is 5.75 Å². The number of carbonyl (C=O) groups is 1. The van der Waals surface area contributed by atoms with Crippen LogP contribution in [0.1, 0.15) is 30.9 Å². The smallest absolute Gasteiger partial charge is 0.163 e. The average molecular weight is 306 g/mol. The Balaban J connectivity index is 1.86. The van der Waals surface area contributed by atoms with Gasteiger partial charge in [0.1, 0.15) is 5.75 Å². The van der Waals surface area contributed by atoms with E-state index in [0.717, 1.165) is 41.1 Å². The maximum absolute atomic E-state index is 12.6. The molecule has 4 heteroatoms. The van der Waals surface area contributed by atoms with Crippen molar-refractivity contribution in [2.45, 2.75) is 25.3 Å². The van der Waals surface area contributed by atoms with Crippen molar-refractivity contribution in [3.63, 3.8) is 0 Å². The molecule has 0 saturated heterocycles. The van der Waals surface area contributed by atoms with Crippen molar-refractivity contribution in [1.82, 2.24) is 0 Å². The Bertz CT molecular complexity index is 793. The van der Waals surface area contributed by atoms with Crippen LogP contribution in [0.15, 0.2) is 59.8 Å². The van der Waals surface area contributed by atoms with E-state index in [4.69, 9.17) is 0 Å². The van der Waals surface area contributed by atoms with Gasteiger partial charge in [-0.15, -0.1) is 0 Å². The zero-order valence-electron chi connectivity index (χ0n) is 12.7. The maximum Gasteiger partial charge on any atom is 0.163 e. The zero-order valence-corrected chi connectivity index (χ0v) is 12.7. The Labute approximate surface area is 134 Å². The van der Waals surface area contributed by atoms with Crippen LogP contribution in [0.5, 0.6) is 5.75 Å². The van der Waals surface area contributed by atoms with Gasteiger partial charge in [0.25, 0.3) is 0 Å². The van der Waals surface area contributed by atoms with Gasteiger partial charge in [-0.05, 0) is 42.7 Å². The van der Waals surface area contributed by atoms with Gasteiger partial charge in [-0.1, -0.05) is 24.3 Å². The Morgan fingerprint density at radius 1 is 0.957 bits per heavy atom. The van der Waals surface area contributed by atoms with Crippen LogP contribution in [0.2, 0.25) is 0 Å². The van der Waals surface area contributed by atoms with E-state index in [9.17, 15) is 9.90 Å². The molecule has 1 heterocycles. The molecule has 1 aliphatic heterocycles. The summed E-state index contributed by atoms with van der Waals surface area (Å²) in [6.45, 7) is 0. The number of para-hydroxylation sites is 2. The molecule has 0 spiro atoms. The largest absolute Gasteiger partial charge is 0.508 e. The van der Waals surface area contributed by atoms with Crippen LogP contribution < -0.4 is 10.6 Å². The molecule has 2 aliphatic rings. The highest BCUT2D eigenvalue weighted by atomic mass is 16.3. The second kappa shape index (κ2) is 5.47. The minimum Gasteiger partial charge on any atom is -0.508 e. The molecular formula is C19H18N2O2. The lowest BCUT2D eigenvalue weighted by Gasteiger charge is -2.25. The summed E-state index contributed by atoms with van der Waals surface area (Å²) in [7, 11) is 0. The number of aromatic hydroxyl groups is 1. The number of allylic oxidation sites excluding steroid dienone is 1. The normalized spacial score (nSPS) is 20.0. The van der Waals surface area contributed by atoms with E-state index in [2.05, 4.69) is 10.6 Å². The molecule has 116 valence electrons. The molecular weight excluding hydrogens is 288 g/mol. The van der Waals surface area contributed by atoms with Gasteiger partial charge in [0, 0.05) is 17.7 Å². The summed E-state index contributed by atoms with van der Waals surface area (Å²) in [4.78, 5) is 12.6. The van der Waals surface area contributed by atoms with E-state index < -0.39 is 0 Å². The molecule has 0 amide bonds. The molecule has 1 aliphatic carbocycles. The molecule has 4 nitrogen and oxygen atoms in total. The third kappa shape index (κ3) is 2.46. The summed E-state index contributed by atoms with van der Waals surface area (Å²) in [6.07, 6.45) is 2.36. The van der Waals surface area contributed by atoms with Gasteiger partial charge in [0.2, 0.25) is 0 Å². The van der Waals surface area contributed by atoms with Gasteiger partial charge in [0.05, 0.1) is 17.4 Å². The van der Waals surface area contributed by atoms with Gasteiger partial charge in [-0.2, -0.15) is 0 Å². The molecule has 0 saturated carbocycles. The number of nitrogens with one attached hydrogen (secondary N) is 2. The molecule has 0 aromatic heterocycles. The molecule has 2 aromatic rings. The SMILES string of the molecule is O=C1CCCC2=C1[C@H](c1ccc(O)cc1)Nc1ccccc1N2. The number of hydrogen-bond donors (Lipinski definition) is 3. The predicted molar refractivity (Wildman–Crippen MR) is 90.4 cm³/mol. The first-order valence-electron chi connectivity index (χ1n) is 7.90. The number of benzene rings is 2. The van der Waals surface area contributed by atoms with Gasteiger partial charge in [-0.3, -0.25) is 4.79 Å². The second-order valence-electron chi connectivity index (χ2n) is 6.01. The van der Waals surface area contributed by atoms with Crippen LogP contribution in [-0.2, 0) is 4.79 Å². The number of ketones is 1. The third-order valence-corrected chi connectivity index (χ3v) is 4.48. The van der Waals surface area contributed by atoms with Crippen molar-refractivity contribution < 1.29 is 9.90 Å². The first-order chi connectivity index (χ1) is 11.2. The van der Waals surface area contributed by atoms with E-state index in [0.29, 0.717) is 6.42 Å². The summed E-state index contributed by atoms with van der Waals surface area (Å²) in [5, 5.41) is 16.5. The number of fused-ring (bicyclic) bond motifs is 1. The number of anilines is 2. The highest BCUT2D eigenvalue weighted by Crippen LogP contribution is 2.40. The molecule has 0 unspecified atom stereocenters. The third-order valence-electron chi connectivity index (χ3n) is 4.48. The van der Waals surface area contributed by atoms with Crippen LogP contribution in [0, 0.1) is 0 Å². The van der Waals surface area contributed by atoms with Gasteiger partial charge >= 0.3 is 0 Å². The first-order valence-corrected chi connectivity index (χ1v) is 7.90. The molecule has 1 atom stereocenters. The summed E-state index contributed by atoms with van der Waals surface area (Å²) in [6, 6.07) is 14.9. The van der Waals surface area contributed by atoms with Crippen LogP contribution in [0.3, 0.4) is 0 Å². The first kappa shape index (κ1) is 13.9. The van der Waals surface area contributed by atoms with Crippen molar-refractivity contribution >= 4 is 17.2 Å². The number of carbonyl (C=O) groups excluding carboxylic acids is 1. The Morgan fingerprint density at radius 3 is 2.48 bits per heavy atom. The van der Waals surface area contributed by atoms with Crippen molar-refractivity contribution in [2.75, 3.05) is 10.6 Å². The predicted octanol–water partition coefficient (Wildman–Crippen LogP) is 3.98. The summed E-state index contributed by atoms with van der Waals surface area (Å²) in [5.74, 6) is 0.419. The Morgan fingerprint density at radius 2 is 1.70 bits per heavy atom. The lowest BCUT2D eigenvalue weighted by atomic mass is 9.87. The van der Waals surface area contributed by atoms with Crippen LogP contribution >= 0.6 is 0 Å². The van der Waals surface area contributed by atoms with Gasteiger partial charge < -0.3 is 15.7 Å². The van der Waals surface area contributed by atoms with Crippen LogP contribution in [0.4, 0.5) is 11.4 Å². The topological polar surface area (TPSA) is 61.4 Å². The average Bonchev–Trinajstić information content (AvgIpc) is 2.73. The lowest BCUT2D eigenvalue weighted by Crippen LogP contribution is -2.23.